The van der Waals surface area contributed by atoms with E-state index in [0.29, 0.717) is 17.7 Å². The quantitative estimate of drug-likeness (QED) is 0.876. The summed E-state index contributed by atoms with van der Waals surface area (Å²) in [7, 11) is 0. The normalized spacial score (nSPS) is 21.3. The van der Waals surface area contributed by atoms with Gasteiger partial charge in [-0.2, -0.15) is 0 Å². The molecule has 3 rings (SSSR count). The molecule has 2 heteroatoms. The van der Waals surface area contributed by atoms with Gasteiger partial charge in [0.15, 0.2) is 0 Å². The number of benzene rings is 2. The third kappa shape index (κ3) is 2.79. The lowest BCUT2D eigenvalue weighted by molar-refractivity contribution is 0.464. The molecule has 1 aliphatic carbocycles. The van der Waals surface area contributed by atoms with Gasteiger partial charge >= 0.3 is 0 Å². The fraction of sp³-hybridized carbons (Fsp3) is 0.294. The maximum absolute atomic E-state index is 9.81. The predicted molar refractivity (Wildman–Crippen MR) is 77.3 cm³/mol. The molecule has 2 atom stereocenters. The summed E-state index contributed by atoms with van der Waals surface area (Å²) in [6, 6.07) is 16.9. The summed E-state index contributed by atoms with van der Waals surface area (Å²) >= 11 is 0. The van der Waals surface area contributed by atoms with Gasteiger partial charge in [0.2, 0.25) is 0 Å². The highest BCUT2D eigenvalue weighted by atomic mass is 16.3. The minimum Gasteiger partial charge on any atom is -0.508 e. The Bertz CT molecular complexity index is 565. The van der Waals surface area contributed by atoms with Crippen molar-refractivity contribution in [3.8, 4) is 5.75 Å². The number of aromatic hydroxyl groups is 1. The molecular weight excluding hydrogens is 234 g/mol. The SMILES string of the molecule is Cc1ccc(O)c(CNC2CC2c2ccccc2)c1. The Morgan fingerprint density at radius 2 is 1.95 bits per heavy atom. The molecule has 0 saturated heterocycles. The summed E-state index contributed by atoms with van der Waals surface area (Å²) in [5.41, 5.74) is 3.58. The summed E-state index contributed by atoms with van der Waals surface area (Å²) in [5.74, 6) is 1.02. The summed E-state index contributed by atoms with van der Waals surface area (Å²) < 4.78 is 0. The zero-order chi connectivity index (χ0) is 13.2. The molecule has 0 heterocycles. The summed E-state index contributed by atoms with van der Waals surface area (Å²) in [4.78, 5) is 0. The van der Waals surface area contributed by atoms with E-state index in [4.69, 9.17) is 0 Å². The van der Waals surface area contributed by atoms with Gasteiger partial charge in [0.25, 0.3) is 0 Å². The van der Waals surface area contributed by atoms with E-state index in [0.717, 1.165) is 12.1 Å². The van der Waals surface area contributed by atoms with E-state index in [1.165, 1.54) is 17.5 Å². The molecule has 0 aliphatic heterocycles. The van der Waals surface area contributed by atoms with Crippen molar-refractivity contribution in [2.45, 2.75) is 31.8 Å². The van der Waals surface area contributed by atoms with Gasteiger partial charge in [-0.1, -0.05) is 48.0 Å². The predicted octanol–water partition coefficient (Wildman–Crippen LogP) is 3.35. The fourth-order valence-corrected chi connectivity index (χ4v) is 2.59. The van der Waals surface area contributed by atoms with Crippen molar-refractivity contribution in [3.05, 3.63) is 65.2 Å². The smallest absolute Gasteiger partial charge is 0.120 e. The Balaban J connectivity index is 1.59. The Kier molecular flexibility index (Phi) is 3.26. The molecule has 0 spiro atoms. The third-order valence-corrected chi connectivity index (χ3v) is 3.81. The second-order valence-electron chi connectivity index (χ2n) is 5.37. The first-order valence-electron chi connectivity index (χ1n) is 6.81. The molecule has 0 bridgehead atoms. The second-order valence-corrected chi connectivity index (χ2v) is 5.37. The first kappa shape index (κ1) is 12.2. The van der Waals surface area contributed by atoms with Crippen molar-refractivity contribution in [2.75, 3.05) is 0 Å². The van der Waals surface area contributed by atoms with Gasteiger partial charge in [-0.05, 0) is 25.0 Å². The molecule has 2 aromatic rings. The Labute approximate surface area is 114 Å². The topological polar surface area (TPSA) is 32.3 Å². The van der Waals surface area contributed by atoms with Crippen LogP contribution in [0.5, 0.6) is 5.75 Å². The molecular formula is C17H19NO. The van der Waals surface area contributed by atoms with Gasteiger partial charge in [-0.3, -0.25) is 0 Å². The van der Waals surface area contributed by atoms with E-state index in [9.17, 15) is 5.11 Å². The van der Waals surface area contributed by atoms with Crippen LogP contribution < -0.4 is 5.32 Å². The van der Waals surface area contributed by atoms with Crippen LogP contribution in [0, 0.1) is 6.92 Å². The molecule has 2 unspecified atom stereocenters. The van der Waals surface area contributed by atoms with Crippen molar-refractivity contribution in [2.24, 2.45) is 0 Å². The average molecular weight is 253 g/mol. The van der Waals surface area contributed by atoms with Crippen LogP contribution in [0.25, 0.3) is 0 Å². The lowest BCUT2D eigenvalue weighted by atomic mass is 10.1. The largest absolute Gasteiger partial charge is 0.508 e. The van der Waals surface area contributed by atoms with Gasteiger partial charge in [-0.25, -0.2) is 0 Å². The van der Waals surface area contributed by atoms with E-state index in [2.05, 4.69) is 35.6 Å². The Morgan fingerprint density at radius 1 is 1.16 bits per heavy atom. The van der Waals surface area contributed by atoms with Crippen LogP contribution in [-0.2, 0) is 6.54 Å². The number of phenolic OH excluding ortho intramolecular Hbond substituents is 1. The number of phenols is 1. The number of hydrogen-bond acceptors (Lipinski definition) is 2. The van der Waals surface area contributed by atoms with Crippen LogP contribution in [-0.4, -0.2) is 11.1 Å². The molecule has 1 saturated carbocycles. The van der Waals surface area contributed by atoms with Crippen LogP contribution >= 0.6 is 0 Å². The minimum absolute atomic E-state index is 0.384. The number of rotatable bonds is 4. The van der Waals surface area contributed by atoms with Crippen LogP contribution in [0.4, 0.5) is 0 Å². The maximum Gasteiger partial charge on any atom is 0.120 e. The van der Waals surface area contributed by atoms with Gasteiger partial charge in [0.1, 0.15) is 5.75 Å². The number of hydrogen-bond donors (Lipinski definition) is 2. The van der Waals surface area contributed by atoms with Crippen LogP contribution in [0.2, 0.25) is 0 Å². The fourth-order valence-electron chi connectivity index (χ4n) is 2.59. The zero-order valence-electron chi connectivity index (χ0n) is 11.1. The lowest BCUT2D eigenvalue weighted by Gasteiger charge is -2.07. The lowest BCUT2D eigenvalue weighted by Crippen LogP contribution is -2.17. The van der Waals surface area contributed by atoms with E-state index in [-0.39, 0.29) is 0 Å². The van der Waals surface area contributed by atoms with Crippen molar-refractivity contribution < 1.29 is 5.11 Å². The highest BCUT2D eigenvalue weighted by molar-refractivity contribution is 5.36. The molecule has 2 aromatic carbocycles. The standard InChI is InChI=1S/C17H19NO/c1-12-7-8-17(19)14(9-12)11-18-16-10-15(16)13-5-3-2-4-6-13/h2-9,15-16,18-19H,10-11H2,1H3. The molecule has 98 valence electrons. The number of nitrogens with one attached hydrogen (secondary N) is 1. The molecule has 0 amide bonds. The molecule has 2 nitrogen and oxygen atoms in total. The van der Waals surface area contributed by atoms with Crippen molar-refractivity contribution in [1.29, 1.82) is 0 Å². The van der Waals surface area contributed by atoms with Gasteiger partial charge in [0.05, 0.1) is 0 Å². The monoisotopic (exact) mass is 253 g/mol. The first-order chi connectivity index (χ1) is 9.24. The highest BCUT2D eigenvalue weighted by Gasteiger charge is 2.37. The van der Waals surface area contributed by atoms with Crippen molar-refractivity contribution in [1.82, 2.24) is 5.32 Å². The van der Waals surface area contributed by atoms with Crippen LogP contribution in [0.1, 0.15) is 29.0 Å². The van der Waals surface area contributed by atoms with Crippen LogP contribution in [0.15, 0.2) is 48.5 Å². The summed E-state index contributed by atoms with van der Waals surface area (Å²) in [5, 5.41) is 13.3. The molecule has 0 radical (unpaired) electrons. The van der Waals surface area contributed by atoms with Crippen molar-refractivity contribution in [3.63, 3.8) is 0 Å². The van der Waals surface area contributed by atoms with E-state index in [1.807, 2.05) is 19.1 Å². The Morgan fingerprint density at radius 3 is 2.74 bits per heavy atom. The summed E-state index contributed by atoms with van der Waals surface area (Å²) in [6.45, 7) is 2.79. The van der Waals surface area contributed by atoms with Gasteiger partial charge in [0, 0.05) is 24.1 Å². The third-order valence-electron chi connectivity index (χ3n) is 3.81. The molecule has 0 aromatic heterocycles. The number of aryl methyl sites for hydroxylation is 1. The van der Waals surface area contributed by atoms with E-state index in [1.54, 1.807) is 6.07 Å². The van der Waals surface area contributed by atoms with E-state index >= 15 is 0 Å². The van der Waals surface area contributed by atoms with Gasteiger partial charge in [-0.15, -0.1) is 0 Å². The zero-order valence-corrected chi connectivity index (χ0v) is 11.1. The molecule has 1 fully saturated rings. The van der Waals surface area contributed by atoms with Crippen molar-refractivity contribution >= 4 is 0 Å². The van der Waals surface area contributed by atoms with E-state index < -0.39 is 0 Å². The first-order valence-corrected chi connectivity index (χ1v) is 6.81. The Hall–Kier alpha value is -1.80. The minimum atomic E-state index is 0.384. The second kappa shape index (κ2) is 5.06. The molecule has 1 aliphatic rings. The molecule has 2 N–H and O–H groups in total. The average Bonchev–Trinajstić information content (AvgIpc) is 3.20. The maximum atomic E-state index is 9.81. The molecule has 19 heavy (non-hydrogen) atoms. The van der Waals surface area contributed by atoms with Gasteiger partial charge < -0.3 is 10.4 Å². The summed E-state index contributed by atoms with van der Waals surface area (Å²) in [6.07, 6.45) is 1.19. The van der Waals surface area contributed by atoms with Crippen LogP contribution in [0.3, 0.4) is 0 Å². The highest BCUT2D eigenvalue weighted by Crippen LogP contribution is 2.40.